The van der Waals surface area contributed by atoms with Gasteiger partial charge in [-0.05, 0) is 24.8 Å². The van der Waals surface area contributed by atoms with Gasteiger partial charge in [0.25, 0.3) is 5.91 Å². The quantitative estimate of drug-likeness (QED) is 0.800. The molecule has 2 heterocycles. The molecule has 0 aliphatic carbocycles. The van der Waals surface area contributed by atoms with Gasteiger partial charge in [0.05, 0.1) is 11.5 Å². The Morgan fingerprint density at radius 3 is 2.48 bits per heavy atom. The van der Waals surface area contributed by atoms with Crippen LogP contribution in [0.4, 0.5) is 4.79 Å². The first-order chi connectivity index (χ1) is 12.0. The SMILES string of the molecule is N#CC1(c2ccccc2)CCN(C(=O)CCC2NC(=O)NC2=O)CC1. The number of urea groups is 1. The molecule has 7 heteroatoms. The molecule has 2 saturated heterocycles. The average molecular weight is 340 g/mol. The van der Waals surface area contributed by atoms with E-state index in [-0.39, 0.29) is 24.7 Å². The Balaban J connectivity index is 1.55. The lowest BCUT2D eigenvalue weighted by atomic mass is 9.74. The molecular formula is C18H20N4O3. The van der Waals surface area contributed by atoms with Gasteiger partial charge >= 0.3 is 6.03 Å². The highest BCUT2D eigenvalue weighted by Gasteiger charge is 2.38. The standard InChI is InChI=1S/C18H20N4O3/c19-12-18(13-4-2-1-3-5-13)8-10-22(11-9-18)15(23)7-6-14-16(24)21-17(25)20-14/h1-5,14H,6-11H2,(H2,20,21,24,25). The number of hydrogen-bond acceptors (Lipinski definition) is 4. The summed E-state index contributed by atoms with van der Waals surface area (Å²) in [5.41, 5.74) is 0.451. The molecule has 1 unspecified atom stereocenters. The van der Waals surface area contributed by atoms with Gasteiger partial charge in [-0.15, -0.1) is 0 Å². The van der Waals surface area contributed by atoms with Crippen molar-refractivity contribution in [2.75, 3.05) is 13.1 Å². The summed E-state index contributed by atoms with van der Waals surface area (Å²) in [6.45, 7) is 1.04. The number of piperidine rings is 1. The van der Waals surface area contributed by atoms with Crippen molar-refractivity contribution in [1.29, 1.82) is 5.26 Å². The van der Waals surface area contributed by atoms with Crippen LogP contribution in [0.3, 0.4) is 0 Å². The van der Waals surface area contributed by atoms with E-state index >= 15 is 0 Å². The maximum Gasteiger partial charge on any atom is 0.322 e. The maximum absolute atomic E-state index is 12.4. The van der Waals surface area contributed by atoms with Crippen molar-refractivity contribution in [3.8, 4) is 6.07 Å². The molecule has 3 rings (SSSR count). The van der Waals surface area contributed by atoms with Crippen molar-refractivity contribution in [2.24, 2.45) is 0 Å². The molecule has 0 bridgehead atoms. The monoisotopic (exact) mass is 340 g/mol. The average Bonchev–Trinajstić information content (AvgIpc) is 2.97. The van der Waals surface area contributed by atoms with Gasteiger partial charge < -0.3 is 10.2 Å². The number of amides is 4. The molecule has 7 nitrogen and oxygen atoms in total. The first kappa shape index (κ1) is 17.0. The van der Waals surface area contributed by atoms with Gasteiger partial charge in [-0.3, -0.25) is 14.9 Å². The van der Waals surface area contributed by atoms with E-state index in [0.29, 0.717) is 25.9 Å². The number of nitrogens with zero attached hydrogens (tertiary/aromatic N) is 2. The Hall–Kier alpha value is -2.88. The fourth-order valence-electron chi connectivity index (χ4n) is 3.45. The van der Waals surface area contributed by atoms with Crippen LogP contribution in [0.25, 0.3) is 0 Å². The van der Waals surface area contributed by atoms with Gasteiger partial charge in [0, 0.05) is 19.5 Å². The Kier molecular flexibility index (Phi) is 4.70. The van der Waals surface area contributed by atoms with E-state index in [2.05, 4.69) is 16.7 Å². The molecule has 1 atom stereocenters. The van der Waals surface area contributed by atoms with Gasteiger partial charge in [-0.25, -0.2) is 4.79 Å². The number of carbonyl (C=O) groups excluding carboxylic acids is 3. The topological polar surface area (TPSA) is 102 Å². The predicted molar refractivity (Wildman–Crippen MR) is 89.2 cm³/mol. The summed E-state index contributed by atoms with van der Waals surface area (Å²) in [5.74, 6) is -0.433. The molecule has 0 radical (unpaired) electrons. The van der Waals surface area contributed by atoms with E-state index in [1.807, 2.05) is 30.3 Å². The molecule has 25 heavy (non-hydrogen) atoms. The summed E-state index contributed by atoms with van der Waals surface area (Å²) in [6.07, 6.45) is 1.68. The second-order valence-corrected chi connectivity index (χ2v) is 6.49. The lowest BCUT2D eigenvalue weighted by molar-refractivity contribution is -0.132. The molecule has 0 spiro atoms. The second-order valence-electron chi connectivity index (χ2n) is 6.49. The Bertz CT molecular complexity index is 718. The molecule has 0 aromatic heterocycles. The molecule has 130 valence electrons. The van der Waals surface area contributed by atoms with Crippen LogP contribution >= 0.6 is 0 Å². The summed E-state index contributed by atoms with van der Waals surface area (Å²) in [5, 5.41) is 14.3. The van der Waals surface area contributed by atoms with Crippen LogP contribution < -0.4 is 10.6 Å². The largest absolute Gasteiger partial charge is 0.343 e. The summed E-state index contributed by atoms with van der Waals surface area (Å²) in [4.78, 5) is 36.7. The van der Waals surface area contributed by atoms with Crippen molar-refractivity contribution < 1.29 is 14.4 Å². The van der Waals surface area contributed by atoms with Crippen LogP contribution in [0.15, 0.2) is 30.3 Å². The Morgan fingerprint density at radius 2 is 1.92 bits per heavy atom. The van der Waals surface area contributed by atoms with Crippen molar-refractivity contribution in [2.45, 2.75) is 37.1 Å². The molecule has 1 aromatic carbocycles. The third-order valence-corrected chi connectivity index (χ3v) is 5.02. The highest BCUT2D eigenvalue weighted by molar-refractivity contribution is 6.04. The zero-order chi connectivity index (χ0) is 17.9. The van der Waals surface area contributed by atoms with E-state index in [1.165, 1.54) is 0 Å². The van der Waals surface area contributed by atoms with E-state index in [9.17, 15) is 19.6 Å². The van der Waals surface area contributed by atoms with Gasteiger partial charge in [0.2, 0.25) is 5.91 Å². The molecule has 1 aromatic rings. The van der Waals surface area contributed by atoms with Crippen LogP contribution in [0, 0.1) is 11.3 Å². The Labute approximate surface area is 146 Å². The Morgan fingerprint density at radius 1 is 1.24 bits per heavy atom. The normalized spacial score (nSPS) is 22.0. The predicted octanol–water partition coefficient (Wildman–Crippen LogP) is 1.06. The van der Waals surface area contributed by atoms with E-state index in [1.54, 1.807) is 4.90 Å². The maximum atomic E-state index is 12.4. The molecular weight excluding hydrogens is 320 g/mol. The van der Waals surface area contributed by atoms with Crippen LogP contribution in [0.1, 0.15) is 31.2 Å². The van der Waals surface area contributed by atoms with Crippen LogP contribution in [0.2, 0.25) is 0 Å². The van der Waals surface area contributed by atoms with Crippen molar-refractivity contribution in [3.05, 3.63) is 35.9 Å². The minimum Gasteiger partial charge on any atom is -0.343 e. The number of imide groups is 1. The highest BCUT2D eigenvalue weighted by Crippen LogP contribution is 2.35. The molecule has 2 N–H and O–H groups in total. The number of nitrogens with one attached hydrogen (secondary N) is 2. The molecule has 2 fully saturated rings. The summed E-state index contributed by atoms with van der Waals surface area (Å²) >= 11 is 0. The number of carbonyl (C=O) groups is 3. The summed E-state index contributed by atoms with van der Waals surface area (Å²) < 4.78 is 0. The molecule has 2 aliphatic heterocycles. The zero-order valence-electron chi connectivity index (χ0n) is 13.8. The van der Waals surface area contributed by atoms with Gasteiger partial charge in [-0.2, -0.15) is 5.26 Å². The first-order valence-electron chi connectivity index (χ1n) is 8.40. The lowest BCUT2D eigenvalue weighted by Gasteiger charge is -2.37. The summed E-state index contributed by atoms with van der Waals surface area (Å²) in [6, 6.07) is 11.0. The van der Waals surface area contributed by atoms with Gasteiger partial charge in [-0.1, -0.05) is 30.3 Å². The van der Waals surface area contributed by atoms with Crippen LogP contribution in [-0.4, -0.2) is 41.9 Å². The van der Waals surface area contributed by atoms with Gasteiger partial charge in [0.1, 0.15) is 6.04 Å². The fraction of sp³-hybridized carbons (Fsp3) is 0.444. The minimum absolute atomic E-state index is 0.0476. The fourth-order valence-corrected chi connectivity index (χ4v) is 3.45. The number of hydrogen-bond donors (Lipinski definition) is 2. The third kappa shape index (κ3) is 3.48. The van der Waals surface area contributed by atoms with Crippen molar-refractivity contribution >= 4 is 17.8 Å². The summed E-state index contributed by atoms with van der Waals surface area (Å²) in [7, 11) is 0. The molecule has 0 saturated carbocycles. The molecule has 2 aliphatic rings. The van der Waals surface area contributed by atoms with Crippen LogP contribution in [-0.2, 0) is 15.0 Å². The number of likely N-dealkylation sites (tertiary alicyclic amines) is 1. The third-order valence-electron chi connectivity index (χ3n) is 5.02. The number of nitriles is 1. The van der Waals surface area contributed by atoms with E-state index in [0.717, 1.165) is 5.56 Å². The zero-order valence-corrected chi connectivity index (χ0v) is 13.8. The van der Waals surface area contributed by atoms with E-state index in [4.69, 9.17) is 0 Å². The second kappa shape index (κ2) is 6.93. The van der Waals surface area contributed by atoms with Crippen molar-refractivity contribution in [1.82, 2.24) is 15.5 Å². The first-order valence-corrected chi connectivity index (χ1v) is 8.40. The van der Waals surface area contributed by atoms with Crippen molar-refractivity contribution in [3.63, 3.8) is 0 Å². The van der Waals surface area contributed by atoms with E-state index < -0.39 is 17.5 Å². The smallest absolute Gasteiger partial charge is 0.322 e. The molecule has 4 amide bonds. The van der Waals surface area contributed by atoms with Gasteiger partial charge in [0.15, 0.2) is 0 Å². The number of rotatable bonds is 4. The minimum atomic E-state index is -0.635. The number of benzene rings is 1. The lowest BCUT2D eigenvalue weighted by Crippen LogP contribution is -2.45. The highest BCUT2D eigenvalue weighted by atomic mass is 16.2. The van der Waals surface area contributed by atoms with Crippen LogP contribution in [0.5, 0.6) is 0 Å².